The zero-order valence-electron chi connectivity index (χ0n) is 14.2. The Balaban J connectivity index is 5.11. The third-order valence-corrected chi connectivity index (χ3v) is 3.66. The molecule has 0 spiro atoms. The van der Waals surface area contributed by atoms with E-state index in [1.54, 1.807) is 6.92 Å². The molecule has 0 aromatic carbocycles. The highest BCUT2D eigenvalue weighted by Gasteiger charge is 2.48. The summed E-state index contributed by atoms with van der Waals surface area (Å²) in [6.07, 6.45) is 0.292. The van der Waals surface area contributed by atoms with E-state index in [1.807, 2.05) is 13.8 Å². The van der Waals surface area contributed by atoms with E-state index in [-0.39, 0.29) is 16.8 Å². The van der Waals surface area contributed by atoms with Crippen molar-refractivity contribution in [2.24, 2.45) is 16.2 Å². The van der Waals surface area contributed by atoms with Crippen LogP contribution < -0.4 is 0 Å². The minimum absolute atomic E-state index is 0.0654. The summed E-state index contributed by atoms with van der Waals surface area (Å²) in [7, 11) is 0. The zero-order valence-corrected chi connectivity index (χ0v) is 14.2. The Morgan fingerprint density at radius 2 is 1.53 bits per heavy atom. The summed E-state index contributed by atoms with van der Waals surface area (Å²) in [5.41, 5.74) is -0.629. The third kappa shape index (κ3) is 5.52. The molecular formula is C16H32O3. The Morgan fingerprint density at radius 1 is 1.05 bits per heavy atom. The van der Waals surface area contributed by atoms with Gasteiger partial charge in [-0.05, 0) is 38.0 Å². The van der Waals surface area contributed by atoms with Crippen LogP contribution in [0.1, 0.15) is 68.7 Å². The van der Waals surface area contributed by atoms with E-state index in [4.69, 9.17) is 9.47 Å². The molecule has 0 amide bonds. The molecule has 0 fully saturated rings. The first-order valence-corrected chi connectivity index (χ1v) is 7.16. The van der Waals surface area contributed by atoms with Crippen molar-refractivity contribution in [3.8, 4) is 0 Å². The standard InChI is InChI=1S/C16H32O3/c1-10-18-12(2)19-13(17)16(9,15(6,7)8)11-14(3,4)5/h12H,10-11H2,1-9H3. The fourth-order valence-corrected chi connectivity index (χ4v) is 2.25. The highest BCUT2D eigenvalue weighted by Crippen LogP contribution is 2.47. The van der Waals surface area contributed by atoms with Crippen LogP contribution in [0.2, 0.25) is 0 Å². The summed E-state index contributed by atoms with van der Waals surface area (Å²) in [6.45, 7) is 18.9. The van der Waals surface area contributed by atoms with Gasteiger partial charge in [0.1, 0.15) is 0 Å². The van der Waals surface area contributed by atoms with Gasteiger partial charge in [0, 0.05) is 6.61 Å². The summed E-state index contributed by atoms with van der Waals surface area (Å²) in [6, 6.07) is 0. The van der Waals surface area contributed by atoms with Crippen LogP contribution in [0.5, 0.6) is 0 Å². The second kappa shape index (κ2) is 6.25. The largest absolute Gasteiger partial charge is 0.436 e. The quantitative estimate of drug-likeness (QED) is 0.549. The van der Waals surface area contributed by atoms with Crippen LogP contribution in [0.4, 0.5) is 0 Å². The number of ether oxygens (including phenoxy) is 2. The molecule has 0 aliphatic rings. The average Bonchev–Trinajstić information content (AvgIpc) is 2.12. The van der Waals surface area contributed by atoms with E-state index in [0.717, 1.165) is 6.42 Å². The molecule has 2 unspecified atom stereocenters. The first-order chi connectivity index (χ1) is 8.33. The smallest absolute Gasteiger partial charge is 0.314 e. The first-order valence-electron chi connectivity index (χ1n) is 7.16. The highest BCUT2D eigenvalue weighted by atomic mass is 16.7. The molecule has 0 aliphatic carbocycles. The molecule has 0 radical (unpaired) electrons. The molecule has 0 rings (SSSR count). The van der Waals surface area contributed by atoms with Gasteiger partial charge in [-0.1, -0.05) is 41.5 Å². The van der Waals surface area contributed by atoms with Crippen LogP contribution in [0.25, 0.3) is 0 Å². The molecule has 0 heterocycles. The van der Waals surface area contributed by atoms with Crippen molar-refractivity contribution < 1.29 is 14.3 Å². The van der Waals surface area contributed by atoms with E-state index in [1.165, 1.54) is 0 Å². The molecule has 0 aromatic rings. The van der Waals surface area contributed by atoms with Crippen LogP contribution in [0, 0.1) is 16.2 Å². The number of carbonyl (C=O) groups excluding carboxylic acids is 1. The minimum atomic E-state index is -0.531. The maximum atomic E-state index is 12.6. The molecular weight excluding hydrogens is 240 g/mol. The van der Waals surface area contributed by atoms with Gasteiger partial charge in [0.2, 0.25) is 0 Å². The fraction of sp³-hybridized carbons (Fsp3) is 0.938. The van der Waals surface area contributed by atoms with Crippen LogP contribution in [-0.4, -0.2) is 18.9 Å². The fourth-order valence-electron chi connectivity index (χ4n) is 2.25. The lowest BCUT2D eigenvalue weighted by Gasteiger charge is -2.43. The summed E-state index contributed by atoms with van der Waals surface area (Å²) in [5.74, 6) is -0.170. The predicted molar refractivity (Wildman–Crippen MR) is 78.8 cm³/mol. The van der Waals surface area contributed by atoms with Gasteiger partial charge in [0.25, 0.3) is 0 Å². The van der Waals surface area contributed by atoms with Gasteiger partial charge >= 0.3 is 5.97 Å². The lowest BCUT2D eigenvalue weighted by atomic mass is 9.61. The molecule has 0 bridgehead atoms. The Hall–Kier alpha value is -0.570. The van der Waals surface area contributed by atoms with Crippen molar-refractivity contribution >= 4 is 5.97 Å². The van der Waals surface area contributed by atoms with Crippen molar-refractivity contribution in [1.82, 2.24) is 0 Å². The molecule has 0 saturated carbocycles. The topological polar surface area (TPSA) is 35.5 Å². The zero-order chi connectivity index (χ0) is 15.5. The Labute approximate surface area is 119 Å². The van der Waals surface area contributed by atoms with Crippen molar-refractivity contribution in [2.75, 3.05) is 6.61 Å². The normalized spacial score (nSPS) is 17.7. The molecule has 0 N–H and O–H groups in total. The molecule has 0 saturated heterocycles. The van der Waals surface area contributed by atoms with Crippen LogP contribution in [0.3, 0.4) is 0 Å². The van der Waals surface area contributed by atoms with Crippen LogP contribution in [-0.2, 0) is 14.3 Å². The number of hydrogen-bond acceptors (Lipinski definition) is 3. The van der Waals surface area contributed by atoms with E-state index in [9.17, 15) is 4.79 Å². The van der Waals surface area contributed by atoms with Crippen molar-refractivity contribution in [3.05, 3.63) is 0 Å². The summed E-state index contributed by atoms with van der Waals surface area (Å²) >= 11 is 0. The van der Waals surface area contributed by atoms with Crippen LogP contribution >= 0.6 is 0 Å². The van der Waals surface area contributed by atoms with E-state index in [2.05, 4.69) is 41.5 Å². The number of carbonyl (C=O) groups is 1. The Kier molecular flexibility index (Phi) is 6.07. The monoisotopic (exact) mass is 272 g/mol. The molecule has 19 heavy (non-hydrogen) atoms. The lowest BCUT2D eigenvalue weighted by Crippen LogP contribution is -2.45. The molecule has 114 valence electrons. The highest BCUT2D eigenvalue weighted by molar-refractivity contribution is 5.77. The molecule has 3 nitrogen and oxygen atoms in total. The second-order valence-electron chi connectivity index (χ2n) is 7.75. The number of rotatable bonds is 5. The van der Waals surface area contributed by atoms with Crippen molar-refractivity contribution in [2.45, 2.75) is 75.0 Å². The van der Waals surface area contributed by atoms with Crippen LogP contribution in [0.15, 0.2) is 0 Å². The second-order valence-corrected chi connectivity index (χ2v) is 7.75. The molecule has 2 atom stereocenters. The third-order valence-electron chi connectivity index (χ3n) is 3.66. The summed E-state index contributed by atoms with van der Waals surface area (Å²) < 4.78 is 10.8. The van der Waals surface area contributed by atoms with E-state index >= 15 is 0 Å². The molecule has 3 heteroatoms. The summed E-state index contributed by atoms with van der Waals surface area (Å²) in [5, 5.41) is 0. The SMILES string of the molecule is CCOC(C)OC(=O)C(C)(CC(C)(C)C)C(C)(C)C. The first kappa shape index (κ1) is 18.4. The van der Waals surface area contributed by atoms with Crippen molar-refractivity contribution in [1.29, 1.82) is 0 Å². The lowest BCUT2D eigenvalue weighted by molar-refractivity contribution is -0.193. The van der Waals surface area contributed by atoms with Gasteiger partial charge in [-0.3, -0.25) is 4.79 Å². The molecule has 0 aliphatic heterocycles. The summed E-state index contributed by atoms with van der Waals surface area (Å²) in [4.78, 5) is 12.6. The number of esters is 1. The van der Waals surface area contributed by atoms with Gasteiger partial charge in [-0.25, -0.2) is 0 Å². The van der Waals surface area contributed by atoms with Gasteiger partial charge in [-0.2, -0.15) is 0 Å². The number of hydrogen-bond donors (Lipinski definition) is 0. The van der Waals surface area contributed by atoms with Gasteiger partial charge in [0.15, 0.2) is 6.29 Å². The minimum Gasteiger partial charge on any atom is -0.436 e. The average molecular weight is 272 g/mol. The maximum absolute atomic E-state index is 12.6. The predicted octanol–water partition coefficient (Wildman–Crippen LogP) is 4.40. The van der Waals surface area contributed by atoms with E-state index < -0.39 is 11.7 Å². The van der Waals surface area contributed by atoms with Gasteiger partial charge in [-0.15, -0.1) is 0 Å². The molecule has 0 aromatic heterocycles. The Bertz CT molecular complexity index is 296. The van der Waals surface area contributed by atoms with E-state index in [0.29, 0.717) is 6.61 Å². The maximum Gasteiger partial charge on any atom is 0.314 e. The van der Waals surface area contributed by atoms with Gasteiger partial charge < -0.3 is 9.47 Å². The Morgan fingerprint density at radius 3 is 1.84 bits per heavy atom. The van der Waals surface area contributed by atoms with Crippen molar-refractivity contribution in [3.63, 3.8) is 0 Å². The van der Waals surface area contributed by atoms with Gasteiger partial charge in [0.05, 0.1) is 5.41 Å².